The van der Waals surface area contributed by atoms with E-state index >= 15 is 0 Å². The maximum Gasteiger partial charge on any atom is 0.257 e. The molecule has 0 aliphatic rings. The Bertz CT molecular complexity index is 704. The van der Waals surface area contributed by atoms with Gasteiger partial charge in [-0.05, 0) is 61.1 Å². The summed E-state index contributed by atoms with van der Waals surface area (Å²) >= 11 is 5.13. The summed E-state index contributed by atoms with van der Waals surface area (Å²) in [6, 6.07) is 15.1. The van der Waals surface area contributed by atoms with Crippen molar-refractivity contribution in [3.8, 4) is 5.75 Å². The van der Waals surface area contributed by atoms with Gasteiger partial charge in [0.15, 0.2) is 5.11 Å². The van der Waals surface area contributed by atoms with E-state index in [0.717, 1.165) is 22.7 Å². The van der Waals surface area contributed by atoms with Gasteiger partial charge in [0.05, 0.1) is 13.7 Å². The van der Waals surface area contributed by atoms with Crippen LogP contribution in [0.15, 0.2) is 48.5 Å². The molecule has 2 aromatic rings. The minimum Gasteiger partial charge on any atom is -0.497 e. The molecule has 0 saturated carbocycles. The average molecular weight is 344 g/mol. The Morgan fingerprint density at radius 1 is 1.08 bits per heavy atom. The summed E-state index contributed by atoms with van der Waals surface area (Å²) in [7, 11) is 1.61. The Morgan fingerprint density at radius 3 is 2.50 bits per heavy atom. The SMILES string of the molecule is COc1ccc(NCC(=O)NNC(=S)Nc2cccc(C)c2)cc1. The molecule has 0 saturated heterocycles. The lowest BCUT2D eigenvalue weighted by Gasteiger charge is -2.12. The summed E-state index contributed by atoms with van der Waals surface area (Å²) in [6.07, 6.45) is 0. The van der Waals surface area contributed by atoms with Gasteiger partial charge in [-0.1, -0.05) is 12.1 Å². The van der Waals surface area contributed by atoms with E-state index in [0.29, 0.717) is 5.11 Å². The van der Waals surface area contributed by atoms with Gasteiger partial charge in [-0.25, -0.2) is 0 Å². The van der Waals surface area contributed by atoms with E-state index in [1.165, 1.54) is 0 Å². The van der Waals surface area contributed by atoms with Crippen molar-refractivity contribution in [2.75, 3.05) is 24.3 Å². The van der Waals surface area contributed by atoms with Crippen LogP contribution in [0.5, 0.6) is 5.75 Å². The number of anilines is 2. The number of aryl methyl sites for hydroxylation is 1. The predicted molar refractivity (Wildman–Crippen MR) is 100 cm³/mol. The van der Waals surface area contributed by atoms with Crippen molar-refractivity contribution in [2.45, 2.75) is 6.92 Å². The summed E-state index contributed by atoms with van der Waals surface area (Å²) in [5.41, 5.74) is 8.00. The molecule has 0 fully saturated rings. The number of rotatable bonds is 5. The Morgan fingerprint density at radius 2 is 1.83 bits per heavy atom. The van der Waals surface area contributed by atoms with Crippen molar-refractivity contribution in [3.63, 3.8) is 0 Å². The first-order chi connectivity index (χ1) is 11.6. The summed E-state index contributed by atoms with van der Waals surface area (Å²) in [4.78, 5) is 11.8. The quantitative estimate of drug-likeness (QED) is 0.493. The number of benzene rings is 2. The van der Waals surface area contributed by atoms with Crippen molar-refractivity contribution in [3.05, 3.63) is 54.1 Å². The molecule has 126 valence electrons. The van der Waals surface area contributed by atoms with E-state index in [1.807, 2.05) is 55.5 Å². The second kappa shape index (κ2) is 8.73. The first kappa shape index (κ1) is 17.6. The van der Waals surface area contributed by atoms with Crippen LogP contribution in [-0.4, -0.2) is 24.7 Å². The molecule has 0 aliphatic carbocycles. The Balaban J connectivity index is 1.71. The number of hydrogen-bond acceptors (Lipinski definition) is 4. The van der Waals surface area contributed by atoms with Crippen LogP contribution >= 0.6 is 12.2 Å². The first-order valence-electron chi connectivity index (χ1n) is 7.37. The minimum atomic E-state index is -0.237. The smallest absolute Gasteiger partial charge is 0.257 e. The number of hydrogen-bond donors (Lipinski definition) is 4. The number of methoxy groups -OCH3 is 1. The van der Waals surface area contributed by atoms with Gasteiger partial charge in [0.25, 0.3) is 5.91 Å². The monoisotopic (exact) mass is 344 g/mol. The largest absolute Gasteiger partial charge is 0.497 e. The molecule has 0 heterocycles. The van der Waals surface area contributed by atoms with E-state index in [2.05, 4.69) is 21.5 Å². The lowest BCUT2D eigenvalue weighted by molar-refractivity contribution is -0.119. The lowest BCUT2D eigenvalue weighted by atomic mass is 10.2. The highest BCUT2D eigenvalue weighted by molar-refractivity contribution is 7.80. The average Bonchev–Trinajstić information content (AvgIpc) is 2.58. The third-order valence-electron chi connectivity index (χ3n) is 3.13. The molecule has 0 unspecified atom stereocenters. The van der Waals surface area contributed by atoms with Crippen LogP contribution < -0.4 is 26.2 Å². The van der Waals surface area contributed by atoms with Crippen molar-refractivity contribution in [2.24, 2.45) is 0 Å². The Kier molecular flexibility index (Phi) is 6.39. The maximum absolute atomic E-state index is 11.8. The van der Waals surface area contributed by atoms with Gasteiger partial charge in [-0.2, -0.15) is 0 Å². The fourth-order valence-electron chi connectivity index (χ4n) is 1.95. The normalized spacial score (nSPS) is 9.75. The zero-order chi connectivity index (χ0) is 17.4. The zero-order valence-electron chi connectivity index (χ0n) is 13.6. The van der Waals surface area contributed by atoms with Gasteiger partial charge >= 0.3 is 0 Å². The van der Waals surface area contributed by atoms with Crippen LogP contribution in [0.3, 0.4) is 0 Å². The molecular formula is C17H20N4O2S. The maximum atomic E-state index is 11.8. The molecule has 0 atom stereocenters. The van der Waals surface area contributed by atoms with E-state index in [1.54, 1.807) is 7.11 Å². The highest BCUT2D eigenvalue weighted by Gasteiger charge is 2.03. The molecular weight excluding hydrogens is 324 g/mol. The summed E-state index contributed by atoms with van der Waals surface area (Å²) in [5, 5.41) is 6.32. The standard InChI is InChI=1S/C17H20N4O2S/c1-12-4-3-5-14(10-12)19-17(24)21-20-16(22)11-18-13-6-8-15(23-2)9-7-13/h3-10,18H,11H2,1-2H3,(H,20,22)(H2,19,21,24). The fourth-order valence-corrected chi connectivity index (χ4v) is 2.12. The molecule has 6 nitrogen and oxygen atoms in total. The summed E-state index contributed by atoms with van der Waals surface area (Å²) in [5.74, 6) is 0.526. The second-order valence-corrected chi connectivity index (χ2v) is 5.49. The lowest BCUT2D eigenvalue weighted by Crippen LogP contribution is -2.45. The van der Waals surface area contributed by atoms with Crippen molar-refractivity contribution >= 4 is 34.6 Å². The number of amides is 1. The van der Waals surface area contributed by atoms with E-state index in [9.17, 15) is 4.79 Å². The fraction of sp³-hybridized carbons (Fsp3) is 0.176. The molecule has 24 heavy (non-hydrogen) atoms. The number of carbonyl (C=O) groups excluding carboxylic acids is 1. The summed E-state index contributed by atoms with van der Waals surface area (Å²) in [6.45, 7) is 2.11. The van der Waals surface area contributed by atoms with E-state index < -0.39 is 0 Å². The Labute approximate surface area is 146 Å². The minimum absolute atomic E-state index is 0.117. The first-order valence-corrected chi connectivity index (χ1v) is 7.78. The third kappa shape index (κ3) is 5.77. The molecule has 0 radical (unpaired) electrons. The molecule has 0 bridgehead atoms. The molecule has 1 amide bonds. The highest BCUT2D eigenvalue weighted by atomic mass is 32.1. The van der Waals surface area contributed by atoms with Crippen LogP contribution in [0.1, 0.15) is 5.56 Å². The Hall–Kier alpha value is -2.80. The van der Waals surface area contributed by atoms with Gasteiger partial charge in [-0.15, -0.1) is 0 Å². The number of thiocarbonyl (C=S) groups is 1. The zero-order valence-corrected chi connectivity index (χ0v) is 14.4. The summed E-state index contributed by atoms with van der Waals surface area (Å²) < 4.78 is 5.08. The van der Waals surface area contributed by atoms with Crippen LogP contribution in [0.4, 0.5) is 11.4 Å². The van der Waals surface area contributed by atoms with Gasteiger partial charge < -0.3 is 15.4 Å². The second-order valence-electron chi connectivity index (χ2n) is 5.08. The molecule has 0 spiro atoms. The number of hydrazine groups is 1. The molecule has 4 N–H and O–H groups in total. The number of ether oxygens (including phenoxy) is 1. The van der Waals surface area contributed by atoms with Gasteiger partial charge in [0.2, 0.25) is 0 Å². The van der Waals surface area contributed by atoms with Crippen molar-refractivity contribution < 1.29 is 9.53 Å². The van der Waals surface area contributed by atoms with Crippen LogP contribution in [0, 0.1) is 6.92 Å². The molecule has 0 aromatic heterocycles. The van der Waals surface area contributed by atoms with Crippen LogP contribution in [0.25, 0.3) is 0 Å². The van der Waals surface area contributed by atoms with Gasteiger partial charge in [0, 0.05) is 11.4 Å². The number of nitrogens with one attached hydrogen (secondary N) is 4. The predicted octanol–water partition coefficient (Wildman–Crippen LogP) is 2.43. The van der Waals surface area contributed by atoms with E-state index in [-0.39, 0.29) is 12.5 Å². The highest BCUT2D eigenvalue weighted by Crippen LogP contribution is 2.14. The molecule has 7 heteroatoms. The number of carbonyl (C=O) groups is 1. The molecule has 2 rings (SSSR count). The molecule has 2 aromatic carbocycles. The van der Waals surface area contributed by atoms with Crippen LogP contribution in [0.2, 0.25) is 0 Å². The van der Waals surface area contributed by atoms with E-state index in [4.69, 9.17) is 17.0 Å². The van der Waals surface area contributed by atoms with Crippen LogP contribution in [-0.2, 0) is 4.79 Å². The molecule has 0 aliphatic heterocycles. The van der Waals surface area contributed by atoms with Gasteiger partial charge in [-0.3, -0.25) is 15.6 Å². The van der Waals surface area contributed by atoms with Crippen molar-refractivity contribution in [1.82, 2.24) is 10.9 Å². The van der Waals surface area contributed by atoms with Gasteiger partial charge in [0.1, 0.15) is 5.75 Å². The van der Waals surface area contributed by atoms with Crippen molar-refractivity contribution in [1.29, 1.82) is 0 Å². The third-order valence-corrected chi connectivity index (χ3v) is 3.34. The topological polar surface area (TPSA) is 74.4 Å².